The van der Waals surface area contributed by atoms with Crippen molar-refractivity contribution in [3.8, 4) is 0 Å². The van der Waals surface area contributed by atoms with Crippen molar-refractivity contribution in [1.82, 2.24) is 14.0 Å². The molecular formula is C29H23N3. The molecule has 0 fully saturated rings. The summed E-state index contributed by atoms with van der Waals surface area (Å²) in [5.74, 6) is 0. The van der Waals surface area contributed by atoms with Gasteiger partial charge < -0.3 is 9.55 Å². The third-order valence-electron chi connectivity index (χ3n) is 7.02. The molecule has 0 spiro atoms. The van der Waals surface area contributed by atoms with E-state index in [1.54, 1.807) is 0 Å². The maximum atomic E-state index is 3.69. The number of rotatable bonds is 3. The second-order valence-electron chi connectivity index (χ2n) is 8.75. The van der Waals surface area contributed by atoms with Gasteiger partial charge in [-0.2, -0.15) is 0 Å². The fourth-order valence-electron chi connectivity index (χ4n) is 5.48. The first-order valence-electron chi connectivity index (χ1n) is 11.2. The van der Waals surface area contributed by atoms with Crippen LogP contribution in [0.5, 0.6) is 0 Å². The van der Waals surface area contributed by atoms with Crippen LogP contribution in [0.3, 0.4) is 0 Å². The second-order valence-corrected chi connectivity index (χ2v) is 8.75. The topological polar surface area (TPSA) is 25.1 Å². The second kappa shape index (κ2) is 6.51. The first kappa shape index (κ1) is 17.7. The number of aryl methyl sites for hydroxylation is 3. The van der Waals surface area contributed by atoms with Crippen LogP contribution >= 0.6 is 0 Å². The number of aromatic amines is 1. The Morgan fingerprint density at radius 2 is 1.31 bits per heavy atom. The number of imidazole rings is 1. The lowest BCUT2D eigenvalue weighted by Crippen LogP contribution is -1.92. The molecule has 3 nitrogen and oxygen atoms in total. The van der Waals surface area contributed by atoms with Crippen molar-refractivity contribution in [3.63, 3.8) is 0 Å². The van der Waals surface area contributed by atoms with Gasteiger partial charge in [-0.25, -0.2) is 0 Å². The summed E-state index contributed by atoms with van der Waals surface area (Å²) in [7, 11) is 2.16. The van der Waals surface area contributed by atoms with E-state index in [0.29, 0.717) is 0 Å². The Morgan fingerprint density at radius 3 is 2.19 bits per heavy atom. The van der Waals surface area contributed by atoms with Crippen molar-refractivity contribution >= 4 is 49.4 Å². The molecule has 1 N–H and O–H groups in total. The van der Waals surface area contributed by atoms with E-state index in [9.17, 15) is 0 Å². The molecule has 0 bridgehead atoms. The lowest BCUT2D eigenvalue weighted by Gasteiger charge is -2.04. The summed E-state index contributed by atoms with van der Waals surface area (Å²) in [5.41, 5.74) is 10.3. The highest BCUT2D eigenvalue weighted by Crippen LogP contribution is 2.32. The van der Waals surface area contributed by atoms with Gasteiger partial charge in [-0.1, -0.05) is 54.6 Å². The highest BCUT2D eigenvalue weighted by molar-refractivity contribution is 6.08. The standard InChI is InChI=1S/C29H23N3/c1-31-25-11-5-2-9-21(25)23-18-19(15-17-26(23)31)14-16-22-20-8-3-6-12-27(20)32-28-13-7-4-10-24(28)30-29(22)32/h2-13,15,17-18,30H,14,16H2,1H3. The number of nitrogens with zero attached hydrogens (tertiary/aromatic N) is 2. The molecule has 0 aliphatic carbocycles. The van der Waals surface area contributed by atoms with Gasteiger partial charge in [0.2, 0.25) is 0 Å². The van der Waals surface area contributed by atoms with E-state index in [4.69, 9.17) is 0 Å². The van der Waals surface area contributed by atoms with E-state index in [-0.39, 0.29) is 0 Å². The van der Waals surface area contributed by atoms with Gasteiger partial charge in [0, 0.05) is 39.8 Å². The van der Waals surface area contributed by atoms with Gasteiger partial charge in [-0.3, -0.25) is 4.40 Å². The first-order valence-corrected chi connectivity index (χ1v) is 11.2. The van der Waals surface area contributed by atoms with E-state index in [1.165, 1.54) is 60.5 Å². The molecule has 0 aliphatic heterocycles. The molecule has 0 atom stereocenters. The number of fused-ring (bicyclic) bond motifs is 8. The average Bonchev–Trinajstić information content (AvgIpc) is 3.46. The van der Waals surface area contributed by atoms with Crippen molar-refractivity contribution in [1.29, 1.82) is 0 Å². The molecule has 0 radical (unpaired) electrons. The van der Waals surface area contributed by atoms with Crippen molar-refractivity contribution in [2.24, 2.45) is 7.05 Å². The maximum absolute atomic E-state index is 3.69. The fraction of sp³-hybridized carbons (Fsp3) is 0.103. The SMILES string of the molecule is Cn1c2ccccc2c2cc(CCc3c4ccccc4n4c3[nH]c3ccccc34)ccc21. The maximum Gasteiger partial charge on any atom is 0.119 e. The summed E-state index contributed by atoms with van der Waals surface area (Å²) in [5, 5.41) is 4.02. The minimum Gasteiger partial charge on any atom is -0.344 e. The molecule has 3 heteroatoms. The van der Waals surface area contributed by atoms with Crippen LogP contribution < -0.4 is 0 Å². The summed E-state index contributed by atoms with van der Waals surface area (Å²) in [6, 6.07) is 33.0. The smallest absolute Gasteiger partial charge is 0.119 e. The third-order valence-corrected chi connectivity index (χ3v) is 7.02. The van der Waals surface area contributed by atoms with E-state index < -0.39 is 0 Å². The van der Waals surface area contributed by atoms with Crippen LogP contribution in [0.25, 0.3) is 49.4 Å². The summed E-state index contributed by atoms with van der Waals surface area (Å²) in [6.07, 6.45) is 2.01. The van der Waals surface area contributed by atoms with E-state index >= 15 is 0 Å². The van der Waals surface area contributed by atoms with E-state index in [2.05, 4.69) is 112 Å². The summed E-state index contributed by atoms with van der Waals surface area (Å²) < 4.78 is 4.68. The lowest BCUT2D eigenvalue weighted by molar-refractivity contribution is 0.972. The Kier molecular flexibility index (Phi) is 3.59. The highest BCUT2D eigenvalue weighted by atomic mass is 15.0. The van der Waals surface area contributed by atoms with Crippen molar-refractivity contribution in [2.75, 3.05) is 0 Å². The summed E-state index contributed by atoms with van der Waals surface area (Å²) >= 11 is 0. The Hall–Kier alpha value is -3.98. The quantitative estimate of drug-likeness (QED) is 0.322. The van der Waals surface area contributed by atoms with Crippen molar-refractivity contribution in [2.45, 2.75) is 12.8 Å². The third kappa shape index (κ3) is 2.36. The fourth-order valence-corrected chi connectivity index (χ4v) is 5.48. The number of H-pyrrole nitrogens is 1. The zero-order valence-electron chi connectivity index (χ0n) is 18.0. The molecule has 0 amide bonds. The number of hydrogen-bond acceptors (Lipinski definition) is 0. The number of nitrogens with one attached hydrogen (secondary N) is 1. The zero-order chi connectivity index (χ0) is 21.2. The van der Waals surface area contributed by atoms with Gasteiger partial charge in [0.25, 0.3) is 0 Å². The average molecular weight is 414 g/mol. The van der Waals surface area contributed by atoms with Crippen molar-refractivity contribution < 1.29 is 0 Å². The monoisotopic (exact) mass is 413 g/mol. The number of aromatic nitrogens is 3. The molecule has 154 valence electrons. The van der Waals surface area contributed by atoms with Crippen LogP contribution in [-0.4, -0.2) is 14.0 Å². The molecule has 0 aliphatic rings. The van der Waals surface area contributed by atoms with Crippen LogP contribution in [-0.2, 0) is 19.9 Å². The molecule has 3 heterocycles. The van der Waals surface area contributed by atoms with Gasteiger partial charge in [0.05, 0.1) is 16.6 Å². The number of benzene rings is 4. The summed E-state index contributed by atoms with van der Waals surface area (Å²) in [4.78, 5) is 3.69. The highest BCUT2D eigenvalue weighted by Gasteiger charge is 2.16. The molecule has 0 saturated carbocycles. The molecule has 7 rings (SSSR count). The first-order chi connectivity index (χ1) is 15.8. The van der Waals surface area contributed by atoms with Crippen LogP contribution in [0.15, 0.2) is 91.0 Å². The van der Waals surface area contributed by atoms with Gasteiger partial charge in [-0.05, 0) is 54.8 Å². The van der Waals surface area contributed by atoms with E-state index in [0.717, 1.165) is 12.8 Å². The normalized spacial score (nSPS) is 12.2. The van der Waals surface area contributed by atoms with Crippen LogP contribution in [0.2, 0.25) is 0 Å². The Balaban J connectivity index is 1.36. The molecule has 4 aromatic carbocycles. The molecule has 0 saturated heterocycles. The number of para-hydroxylation sites is 4. The summed E-state index contributed by atoms with van der Waals surface area (Å²) in [6.45, 7) is 0. The van der Waals surface area contributed by atoms with Gasteiger partial charge in [0.1, 0.15) is 5.65 Å². The molecule has 0 unspecified atom stereocenters. The van der Waals surface area contributed by atoms with Gasteiger partial charge in [0.15, 0.2) is 0 Å². The zero-order valence-corrected chi connectivity index (χ0v) is 18.0. The predicted octanol–water partition coefficient (Wildman–Crippen LogP) is 7.00. The molecule has 32 heavy (non-hydrogen) atoms. The van der Waals surface area contributed by atoms with Gasteiger partial charge >= 0.3 is 0 Å². The largest absolute Gasteiger partial charge is 0.344 e. The van der Waals surface area contributed by atoms with Crippen LogP contribution in [0, 0.1) is 0 Å². The number of hydrogen-bond donors (Lipinski definition) is 1. The Morgan fingerprint density at radius 1 is 0.625 bits per heavy atom. The Bertz CT molecular complexity index is 1790. The molecule has 3 aromatic heterocycles. The van der Waals surface area contributed by atoms with E-state index in [1.807, 2.05) is 0 Å². The van der Waals surface area contributed by atoms with Gasteiger partial charge in [-0.15, -0.1) is 0 Å². The van der Waals surface area contributed by atoms with Crippen molar-refractivity contribution in [3.05, 3.63) is 102 Å². The minimum atomic E-state index is 1.00. The van der Waals surface area contributed by atoms with Crippen LogP contribution in [0.4, 0.5) is 0 Å². The minimum absolute atomic E-state index is 1.00. The molecule has 7 aromatic rings. The molecular weight excluding hydrogens is 390 g/mol. The Labute approximate surface area is 185 Å². The predicted molar refractivity (Wildman–Crippen MR) is 135 cm³/mol. The lowest BCUT2D eigenvalue weighted by atomic mass is 10.0. The van der Waals surface area contributed by atoms with Crippen LogP contribution in [0.1, 0.15) is 11.1 Å².